The van der Waals surface area contributed by atoms with Crippen molar-refractivity contribution in [3.63, 3.8) is 0 Å². The van der Waals surface area contributed by atoms with Crippen LogP contribution in [0.2, 0.25) is 0 Å². The van der Waals surface area contributed by atoms with Gasteiger partial charge in [0.25, 0.3) is 0 Å². The molecule has 1 atom stereocenters. The van der Waals surface area contributed by atoms with Crippen molar-refractivity contribution in [3.8, 4) is 17.6 Å². The van der Waals surface area contributed by atoms with Gasteiger partial charge in [-0.1, -0.05) is 13.8 Å². The number of hydrogen-bond acceptors (Lipinski definition) is 4. The fourth-order valence-electron chi connectivity index (χ4n) is 1.86. The van der Waals surface area contributed by atoms with E-state index in [-0.39, 0.29) is 5.92 Å². The Hall–Kier alpha value is -1.89. The van der Waals surface area contributed by atoms with Gasteiger partial charge in [-0.2, -0.15) is 5.26 Å². The summed E-state index contributed by atoms with van der Waals surface area (Å²) in [5.74, 6) is 1.76. The highest BCUT2D eigenvalue weighted by atomic mass is 16.5. The van der Waals surface area contributed by atoms with E-state index in [2.05, 4.69) is 24.8 Å². The first-order chi connectivity index (χ1) is 9.03. The molecule has 0 N–H and O–H groups in total. The van der Waals surface area contributed by atoms with Gasteiger partial charge in [0.1, 0.15) is 0 Å². The summed E-state index contributed by atoms with van der Waals surface area (Å²) in [6.07, 6.45) is 0. The Morgan fingerprint density at radius 1 is 1.21 bits per heavy atom. The van der Waals surface area contributed by atoms with Gasteiger partial charge in [-0.05, 0) is 18.1 Å². The van der Waals surface area contributed by atoms with E-state index in [0.717, 1.165) is 5.69 Å². The minimum Gasteiger partial charge on any atom is -0.493 e. The van der Waals surface area contributed by atoms with E-state index < -0.39 is 0 Å². The summed E-state index contributed by atoms with van der Waals surface area (Å²) in [5, 5.41) is 9.15. The average Bonchev–Trinajstić information content (AvgIpc) is 2.43. The van der Waals surface area contributed by atoms with Crippen molar-refractivity contribution in [2.45, 2.75) is 13.8 Å². The number of nitrogens with zero attached hydrogens (tertiary/aromatic N) is 2. The van der Waals surface area contributed by atoms with Gasteiger partial charge in [-0.3, -0.25) is 0 Å². The van der Waals surface area contributed by atoms with Crippen molar-refractivity contribution in [2.24, 2.45) is 11.8 Å². The lowest BCUT2D eigenvalue weighted by atomic mass is 9.97. The zero-order valence-corrected chi connectivity index (χ0v) is 12.3. The lowest BCUT2D eigenvalue weighted by molar-refractivity contribution is 0.355. The number of nitriles is 1. The highest BCUT2D eigenvalue weighted by Gasteiger charge is 2.16. The van der Waals surface area contributed by atoms with Gasteiger partial charge in [0.2, 0.25) is 0 Å². The summed E-state index contributed by atoms with van der Waals surface area (Å²) < 4.78 is 10.5. The molecule has 1 aromatic rings. The molecule has 104 valence electrons. The van der Waals surface area contributed by atoms with Gasteiger partial charge in [0.15, 0.2) is 11.5 Å². The summed E-state index contributed by atoms with van der Waals surface area (Å²) in [6, 6.07) is 8.12. The molecule has 0 radical (unpaired) electrons. The van der Waals surface area contributed by atoms with Crippen molar-refractivity contribution in [3.05, 3.63) is 18.2 Å². The summed E-state index contributed by atoms with van der Waals surface area (Å²) >= 11 is 0. The Labute approximate surface area is 115 Å². The van der Waals surface area contributed by atoms with Crippen LogP contribution in [0.15, 0.2) is 18.2 Å². The first-order valence-corrected chi connectivity index (χ1v) is 6.36. The van der Waals surface area contributed by atoms with Gasteiger partial charge in [0.05, 0.1) is 26.2 Å². The maximum absolute atomic E-state index is 9.15. The predicted octanol–water partition coefficient (Wildman–Crippen LogP) is 2.94. The molecule has 0 fully saturated rings. The second-order valence-corrected chi connectivity index (χ2v) is 4.90. The number of benzene rings is 1. The molecule has 1 aromatic carbocycles. The zero-order valence-electron chi connectivity index (χ0n) is 12.3. The zero-order chi connectivity index (χ0) is 14.4. The molecule has 1 unspecified atom stereocenters. The molecule has 0 aliphatic rings. The van der Waals surface area contributed by atoms with Crippen molar-refractivity contribution < 1.29 is 9.47 Å². The summed E-state index contributed by atoms with van der Waals surface area (Å²) in [5.41, 5.74) is 1.01. The predicted molar refractivity (Wildman–Crippen MR) is 76.8 cm³/mol. The van der Waals surface area contributed by atoms with Crippen molar-refractivity contribution in [1.29, 1.82) is 5.26 Å². The number of methoxy groups -OCH3 is 2. The van der Waals surface area contributed by atoms with E-state index >= 15 is 0 Å². The van der Waals surface area contributed by atoms with Gasteiger partial charge in [-0.15, -0.1) is 0 Å². The molecule has 4 nitrogen and oxygen atoms in total. The van der Waals surface area contributed by atoms with Crippen LogP contribution in [-0.2, 0) is 0 Å². The SMILES string of the molecule is COc1ccc(N(C)CC(C#N)C(C)C)cc1OC. The monoisotopic (exact) mass is 262 g/mol. The topological polar surface area (TPSA) is 45.5 Å². The summed E-state index contributed by atoms with van der Waals surface area (Å²) in [6.45, 7) is 4.83. The van der Waals surface area contributed by atoms with Gasteiger partial charge in [0, 0.05) is 25.3 Å². The van der Waals surface area contributed by atoms with Crippen LogP contribution in [0.1, 0.15) is 13.8 Å². The first kappa shape index (κ1) is 15.2. The molecule has 0 bridgehead atoms. The van der Waals surface area contributed by atoms with Crippen molar-refractivity contribution in [1.82, 2.24) is 0 Å². The maximum Gasteiger partial charge on any atom is 0.162 e. The van der Waals surface area contributed by atoms with Crippen molar-refractivity contribution >= 4 is 5.69 Å². The Balaban J connectivity index is 2.88. The van der Waals surface area contributed by atoms with Crippen LogP contribution < -0.4 is 14.4 Å². The molecule has 0 amide bonds. The van der Waals surface area contributed by atoms with E-state index in [4.69, 9.17) is 14.7 Å². The van der Waals surface area contributed by atoms with Crippen LogP contribution in [-0.4, -0.2) is 27.8 Å². The Morgan fingerprint density at radius 2 is 1.84 bits per heavy atom. The molecule has 1 rings (SSSR count). The number of anilines is 1. The molecule has 0 aromatic heterocycles. The van der Waals surface area contributed by atoms with E-state index in [1.54, 1.807) is 14.2 Å². The van der Waals surface area contributed by atoms with Crippen LogP contribution >= 0.6 is 0 Å². The Bertz CT molecular complexity index is 452. The van der Waals surface area contributed by atoms with Crippen molar-refractivity contribution in [2.75, 3.05) is 32.7 Å². The number of hydrogen-bond donors (Lipinski definition) is 0. The lowest BCUT2D eigenvalue weighted by Gasteiger charge is -2.24. The molecule has 0 saturated heterocycles. The minimum atomic E-state index is 0.0121. The molecule has 0 aliphatic carbocycles. The van der Waals surface area contributed by atoms with E-state index in [1.807, 2.05) is 25.2 Å². The largest absolute Gasteiger partial charge is 0.493 e. The fraction of sp³-hybridized carbons (Fsp3) is 0.533. The maximum atomic E-state index is 9.15. The third-order valence-electron chi connectivity index (χ3n) is 3.25. The third-order valence-corrected chi connectivity index (χ3v) is 3.25. The minimum absolute atomic E-state index is 0.0121. The standard InChI is InChI=1S/C15H22N2O2/c1-11(2)12(9-16)10-17(3)13-6-7-14(18-4)15(8-13)19-5/h6-8,11-12H,10H2,1-5H3. The Morgan fingerprint density at radius 3 is 2.32 bits per heavy atom. The Kier molecular flexibility index (Phi) is 5.50. The molecule has 0 aliphatic heterocycles. The highest BCUT2D eigenvalue weighted by Crippen LogP contribution is 2.31. The smallest absolute Gasteiger partial charge is 0.162 e. The lowest BCUT2D eigenvalue weighted by Crippen LogP contribution is -2.27. The fourth-order valence-corrected chi connectivity index (χ4v) is 1.86. The number of rotatable bonds is 6. The first-order valence-electron chi connectivity index (χ1n) is 6.36. The second kappa shape index (κ2) is 6.89. The van der Waals surface area contributed by atoms with Crippen LogP contribution in [0.4, 0.5) is 5.69 Å². The van der Waals surface area contributed by atoms with E-state index in [1.165, 1.54) is 0 Å². The van der Waals surface area contributed by atoms with E-state index in [0.29, 0.717) is 24.0 Å². The number of ether oxygens (including phenoxy) is 2. The molecular weight excluding hydrogens is 240 g/mol. The van der Waals surface area contributed by atoms with Gasteiger partial charge >= 0.3 is 0 Å². The third kappa shape index (κ3) is 3.78. The van der Waals surface area contributed by atoms with Crippen LogP contribution in [0.25, 0.3) is 0 Å². The van der Waals surface area contributed by atoms with Crippen LogP contribution in [0, 0.1) is 23.2 Å². The quantitative estimate of drug-likeness (QED) is 0.790. The molecule has 0 spiro atoms. The molecule has 19 heavy (non-hydrogen) atoms. The molecule has 0 heterocycles. The van der Waals surface area contributed by atoms with Gasteiger partial charge < -0.3 is 14.4 Å². The highest BCUT2D eigenvalue weighted by molar-refractivity contribution is 5.56. The molecule has 0 saturated carbocycles. The summed E-state index contributed by atoms with van der Waals surface area (Å²) in [7, 11) is 5.22. The van der Waals surface area contributed by atoms with Crippen LogP contribution in [0.5, 0.6) is 11.5 Å². The molecular formula is C15H22N2O2. The normalized spacial score (nSPS) is 11.8. The van der Waals surface area contributed by atoms with Crippen LogP contribution in [0.3, 0.4) is 0 Å². The van der Waals surface area contributed by atoms with E-state index in [9.17, 15) is 0 Å². The second-order valence-electron chi connectivity index (χ2n) is 4.90. The summed E-state index contributed by atoms with van der Waals surface area (Å²) in [4.78, 5) is 2.07. The van der Waals surface area contributed by atoms with Gasteiger partial charge in [-0.25, -0.2) is 0 Å². The average molecular weight is 262 g/mol. The molecule has 4 heteroatoms.